The molecule has 0 heterocycles. The number of hydrogen-bond acceptors (Lipinski definition) is 4. The van der Waals surface area contributed by atoms with E-state index in [1.54, 1.807) is 6.07 Å². The highest BCUT2D eigenvalue weighted by atomic mass is 16.5. The molecule has 0 saturated carbocycles. The molecule has 6 heteroatoms. The molecule has 112 valence electrons. The number of benzene rings is 1. The summed E-state index contributed by atoms with van der Waals surface area (Å²) in [4.78, 5) is 34.1. The van der Waals surface area contributed by atoms with Gasteiger partial charge in [-0.2, -0.15) is 0 Å². The van der Waals surface area contributed by atoms with E-state index in [0.29, 0.717) is 5.56 Å². The van der Waals surface area contributed by atoms with Gasteiger partial charge in [0.1, 0.15) is 0 Å². The van der Waals surface area contributed by atoms with E-state index in [1.165, 1.54) is 18.9 Å². The molecule has 0 spiro atoms. The second-order valence-electron chi connectivity index (χ2n) is 5.09. The van der Waals surface area contributed by atoms with Crippen LogP contribution in [0.2, 0.25) is 0 Å². The van der Waals surface area contributed by atoms with Crippen molar-refractivity contribution < 1.29 is 19.1 Å². The van der Waals surface area contributed by atoms with E-state index in [0.717, 1.165) is 24.8 Å². The second-order valence-corrected chi connectivity index (χ2v) is 5.09. The van der Waals surface area contributed by atoms with E-state index in [1.807, 2.05) is 17.4 Å². The molecular weight excluding hydrogens is 272 g/mol. The predicted molar refractivity (Wildman–Crippen MR) is 75.7 cm³/mol. The third-order valence-electron chi connectivity index (χ3n) is 3.48. The Bertz CT molecular complexity index is 583. The summed E-state index contributed by atoms with van der Waals surface area (Å²) < 4.78 is 5.03. The first kappa shape index (κ1) is 15.0. The number of fused-ring (bicyclic) bond motifs is 1. The molecule has 3 N–H and O–H groups in total. The topological polar surface area (TPSA) is 98.5 Å². The molecule has 1 atom stereocenters. The lowest BCUT2D eigenvalue weighted by Crippen LogP contribution is -2.42. The minimum atomic E-state index is -1.08. The summed E-state index contributed by atoms with van der Waals surface area (Å²) in [7, 11) is 0. The average Bonchev–Trinajstić information content (AvgIpc) is 2.45. The van der Waals surface area contributed by atoms with Crippen molar-refractivity contribution in [1.29, 1.82) is 0 Å². The van der Waals surface area contributed by atoms with E-state index in [2.05, 4.69) is 0 Å². The van der Waals surface area contributed by atoms with Crippen LogP contribution in [0.25, 0.3) is 0 Å². The van der Waals surface area contributed by atoms with Crippen LogP contribution in [0.1, 0.15) is 41.3 Å². The highest BCUT2D eigenvalue weighted by molar-refractivity contribution is 5.98. The zero-order chi connectivity index (χ0) is 15.4. The SMILES string of the molecule is C[C@H](OC(=O)c1ccc2c(c1)CCCC2)C(=O)NC(N)=O. The molecular formula is C15H18N2O4. The van der Waals surface area contributed by atoms with Gasteiger partial charge in [-0.15, -0.1) is 0 Å². The molecule has 1 aliphatic rings. The number of urea groups is 1. The van der Waals surface area contributed by atoms with E-state index in [-0.39, 0.29) is 0 Å². The summed E-state index contributed by atoms with van der Waals surface area (Å²) >= 11 is 0. The van der Waals surface area contributed by atoms with Gasteiger partial charge in [0.25, 0.3) is 5.91 Å². The van der Waals surface area contributed by atoms with Crippen molar-refractivity contribution in [1.82, 2.24) is 5.32 Å². The minimum absolute atomic E-state index is 0.411. The van der Waals surface area contributed by atoms with Crippen LogP contribution >= 0.6 is 0 Å². The van der Waals surface area contributed by atoms with Crippen molar-refractivity contribution in [3.05, 3.63) is 34.9 Å². The molecule has 0 fully saturated rings. The largest absolute Gasteiger partial charge is 0.449 e. The molecule has 0 aromatic heterocycles. The fourth-order valence-corrected chi connectivity index (χ4v) is 2.37. The molecule has 0 aliphatic heterocycles. The number of ether oxygens (including phenoxy) is 1. The number of amides is 3. The van der Waals surface area contributed by atoms with Gasteiger partial charge in [0.15, 0.2) is 6.10 Å². The van der Waals surface area contributed by atoms with Crippen molar-refractivity contribution in [2.45, 2.75) is 38.7 Å². The lowest BCUT2D eigenvalue weighted by Gasteiger charge is -2.17. The van der Waals surface area contributed by atoms with Crippen LogP contribution in [0.4, 0.5) is 4.79 Å². The molecule has 6 nitrogen and oxygen atoms in total. The molecule has 3 amide bonds. The Kier molecular flexibility index (Phi) is 4.57. The predicted octanol–water partition coefficient (Wildman–Crippen LogP) is 1.31. The number of aryl methyl sites for hydroxylation is 2. The Labute approximate surface area is 122 Å². The van der Waals surface area contributed by atoms with Crippen molar-refractivity contribution in [3.8, 4) is 0 Å². The van der Waals surface area contributed by atoms with E-state index < -0.39 is 24.0 Å². The first-order valence-electron chi connectivity index (χ1n) is 6.90. The minimum Gasteiger partial charge on any atom is -0.449 e. The standard InChI is InChI=1S/C15H18N2O4/c1-9(13(18)17-15(16)20)21-14(19)12-7-6-10-4-2-3-5-11(10)8-12/h6-9H,2-5H2,1H3,(H3,16,17,18,20)/t9-/m0/s1. The number of hydrogen-bond donors (Lipinski definition) is 2. The fourth-order valence-electron chi connectivity index (χ4n) is 2.37. The third-order valence-corrected chi connectivity index (χ3v) is 3.48. The average molecular weight is 290 g/mol. The van der Waals surface area contributed by atoms with Crippen molar-refractivity contribution in [2.75, 3.05) is 0 Å². The van der Waals surface area contributed by atoms with Crippen LogP contribution < -0.4 is 11.1 Å². The lowest BCUT2D eigenvalue weighted by atomic mass is 9.90. The summed E-state index contributed by atoms with van der Waals surface area (Å²) in [6.45, 7) is 1.38. The second kappa shape index (κ2) is 6.39. The zero-order valence-corrected chi connectivity index (χ0v) is 11.8. The van der Waals surface area contributed by atoms with Crippen molar-refractivity contribution in [3.63, 3.8) is 0 Å². The van der Waals surface area contributed by atoms with Gasteiger partial charge in [-0.05, 0) is 55.9 Å². The van der Waals surface area contributed by atoms with Crippen LogP contribution in [0, 0.1) is 0 Å². The number of carbonyl (C=O) groups is 3. The maximum absolute atomic E-state index is 12.0. The molecule has 0 saturated heterocycles. The molecule has 2 rings (SSSR count). The highest BCUT2D eigenvalue weighted by Gasteiger charge is 2.21. The van der Waals surface area contributed by atoms with Gasteiger partial charge in [-0.3, -0.25) is 10.1 Å². The maximum Gasteiger partial charge on any atom is 0.338 e. The molecule has 1 aromatic carbocycles. The molecule has 1 aliphatic carbocycles. The van der Waals surface area contributed by atoms with Crippen LogP contribution in [0.15, 0.2) is 18.2 Å². The van der Waals surface area contributed by atoms with Gasteiger partial charge >= 0.3 is 12.0 Å². The summed E-state index contributed by atoms with van der Waals surface area (Å²) in [5.74, 6) is -1.33. The Morgan fingerprint density at radius 3 is 2.52 bits per heavy atom. The lowest BCUT2D eigenvalue weighted by molar-refractivity contribution is -0.127. The van der Waals surface area contributed by atoms with E-state index in [4.69, 9.17) is 10.5 Å². The van der Waals surface area contributed by atoms with Crippen molar-refractivity contribution >= 4 is 17.9 Å². The third kappa shape index (κ3) is 3.81. The number of rotatable bonds is 3. The first-order chi connectivity index (χ1) is 9.97. The van der Waals surface area contributed by atoms with Crippen LogP contribution in [-0.4, -0.2) is 24.0 Å². The quantitative estimate of drug-likeness (QED) is 0.820. The number of nitrogens with one attached hydrogen (secondary N) is 1. The smallest absolute Gasteiger partial charge is 0.338 e. The molecule has 0 unspecified atom stereocenters. The molecule has 0 bridgehead atoms. The highest BCUT2D eigenvalue weighted by Crippen LogP contribution is 2.22. The number of nitrogens with two attached hydrogens (primary N) is 1. The Morgan fingerprint density at radius 2 is 1.86 bits per heavy atom. The van der Waals surface area contributed by atoms with Gasteiger partial charge in [0.05, 0.1) is 5.56 Å². The molecule has 1 aromatic rings. The fraction of sp³-hybridized carbons (Fsp3) is 0.400. The number of imide groups is 1. The monoisotopic (exact) mass is 290 g/mol. The summed E-state index contributed by atoms with van der Waals surface area (Å²) in [6.07, 6.45) is 3.18. The Balaban J connectivity index is 2.03. The summed E-state index contributed by atoms with van der Waals surface area (Å²) in [5, 5.41) is 1.87. The number of primary amides is 1. The Morgan fingerprint density at radius 1 is 1.19 bits per heavy atom. The zero-order valence-electron chi connectivity index (χ0n) is 11.8. The van der Waals surface area contributed by atoms with Crippen LogP contribution in [0.3, 0.4) is 0 Å². The number of carbonyl (C=O) groups excluding carboxylic acids is 3. The van der Waals surface area contributed by atoms with Gasteiger partial charge in [-0.1, -0.05) is 6.07 Å². The van der Waals surface area contributed by atoms with Gasteiger partial charge in [0, 0.05) is 0 Å². The van der Waals surface area contributed by atoms with Gasteiger partial charge in [0.2, 0.25) is 0 Å². The summed E-state index contributed by atoms with van der Waals surface area (Å²) in [5.41, 5.74) is 7.67. The normalized spacial score (nSPS) is 14.7. The first-order valence-corrected chi connectivity index (χ1v) is 6.90. The van der Waals surface area contributed by atoms with Gasteiger partial charge < -0.3 is 10.5 Å². The maximum atomic E-state index is 12.0. The van der Waals surface area contributed by atoms with Crippen molar-refractivity contribution in [2.24, 2.45) is 5.73 Å². The molecule has 21 heavy (non-hydrogen) atoms. The van der Waals surface area contributed by atoms with E-state index >= 15 is 0 Å². The number of esters is 1. The van der Waals surface area contributed by atoms with Crippen LogP contribution in [-0.2, 0) is 22.4 Å². The Hall–Kier alpha value is -2.37. The van der Waals surface area contributed by atoms with E-state index in [9.17, 15) is 14.4 Å². The van der Waals surface area contributed by atoms with Gasteiger partial charge in [-0.25, -0.2) is 9.59 Å². The van der Waals surface area contributed by atoms with Crippen LogP contribution in [0.5, 0.6) is 0 Å². The summed E-state index contributed by atoms with van der Waals surface area (Å²) in [6, 6.07) is 4.47. The molecule has 0 radical (unpaired) electrons.